The summed E-state index contributed by atoms with van der Waals surface area (Å²) in [6.45, 7) is 4.83. The Bertz CT molecular complexity index is 371. The highest BCUT2D eigenvalue weighted by atomic mass is 32.1. The number of halogens is 2. The number of aryl methyl sites for hydroxylation is 1. The third kappa shape index (κ3) is 2.28. The quantitative estimate of drug-likeness (QED) is 0.858. The molecular weight excluding hydrogens is 228 g/mol. The van der Waals surface area contributed by atoms with Gasteiger partial charge in [-0.05, 0) is 34.8 Å². The Hall–Kier alpha value is -0.480. The first-order valence-corrected chi connectivity index (χ1v) is 6.47. The van der Waals surface area contributed by atoms with Crippen molar-refractivity contribution in [2.45, 2.75) is 45.1 Å². The number of alkyl halides is 2. The standard InChI is InChI=1S/C12H17F2NS/c1-12(2)4-3-9-11(12)8(7-16-9)5-15-6-10(13)14/h7,10,15H,3-6H2,1-2H3. The molecular formula is C12H17F2NS. The molecule has 0 aliphatic heterocycles. The maximum atomic E-state index is 12.0. The molecule has 0 radical (unpaired) electrons. The SMILES string of the molecule is CC1(C)CCc2scc(CNCC(F)F)c21. The molecule has 0 fully saturated rings. The van der Waals surface area contributed by atoms with Crippen LogP contribution >= 0.6 is 11.3 Å². The predicted molar refractivity (Wildman–Crippen MR) is 63.4 cm³/mol. The lowest BCUT2D eigenvalue weighted by molar-refractivity contribution is 0.145. The second kappa shape index (κ2) is 4.41. The van der Waals surface area contributed by atoms with Crippen molar-refractivity contribution >= 4 is 11.3 Å². The molecule has 0 aromatic carbocycles. The Morgan fingerprint density at radius 2 is 2.25 bits per heavy atom. The molecule has 0 saturated carbocycles. The van der Waals surface area contributed by atoms with Crippen molar-refractivity contribution in [1.82, 2.24) is 5.32 Å². The first kappa shape index (κ1) is 12.0. The summed E-state index contributed by atoms with van der Waals surface area (Å²) in [7, 11) is 0. The van der Waals surface area contributed by atoms with E-state index in [1.54, 1.807) is 11.3 Å². The molecule has 4 heteroatoms. The number of hydrogen-bond donors (Lipinski definition) is 1. The summed E-state index contributed by atoms with van der Waals surface area (Å²) < 4.78 is 24.1. The highest BCUT2D eigenvalue weighted by molar-refractivity contribution is 7.10. The van der Waals surface area contributed by atoms with Crippen LogP contribution in [0, 0.1) is 0 Å². The maximum absolute atomic E-state index is 12.0. The van der Waals surface area contributed by atoms with Crippen LogP contribution in [0.4, 0.5) is 8.78 Å². The number of rotatable bonds is 4. The van der Waals surface area contributed by atoms with Crippen LogP contribution < -0.4 is 5.32 Å². The van der Waals surface area contributed by atoms with Crippen molar-refractivity contribution in [3.8, 4) is 0 Å². The van der Waals surface area contributed by atoms with E-state index >= 15 is 0 Å². The molecule has 0 unspecified atom stereocenters. The smallest absolute Gasteiger partial charge is 0.250 e. The van der Waals surface area contributed by atoms with Crippen LogP contribution in [0.3, 0.4) is 0 Å². The fraction of sp³-hybridized carbons (Fsp3) is 0.667. The average molecular weight is 245 g/mol. The van der Waals surface area contributed by atoms with E-state index in [-0.39, 0.29) is 12.0 Å². The fourth-order valence-electron chi connectivity index (χ4n) is 2.43. The number of thiophene rings is 1. The third-order valence-electron chi connectivity index (χ3n) is 3.21. The van der Waals surface area contributed by atoms with Crippen molar-refractivity contribution in [2.24, 2.45) is 0 Å². The summed E-state index contributed by atoms with van der Waals surface area (Å²) in [6, 6.07) is 0. The van der Waals surface area contributed by atoms with E-state index in [0.29, 0.717) is 6.54 Å². The summed E-state index contributed by atoms with van der Waals surface area (Å²) in [5.41, 5.74) is 2.83. The second-order valence-electron chi connectivity index (χ2n) is 4.96. The summed E-state index contributed by atoms with van der Waals surface area (Å²) in [5.74, 6) is 0. The van der Waals surface area contributed by atoms with Crippen molar-refractivity contribution in [2.75, 3.05) is 6.54 Å². The number of fused-ring (bicyclic) bond motifs is 1. The molecule has 1 aliphatic rings. The normalized spacial score (nSPS) is 18.1. The molecule has 1 aliphatic carbocycles. The van der Waals surface area contributed by atoms with Gasteiger partial charge >= 0.3 is 0 Å². The first-order valence-electron chi connectivity index (χ1n) is 5.59. The van der Waals surface area contributed by atoms with E-state index in [1.807, 2.05) is 0 Å². The van der Waals surface area contributed by atoms with E-state index in [0.717, 1.165) is 6.42 Å². The van der Waals surface area contributed by atoms with Gasteiger partial charge in [-0.2, -0.15) is 0 Å². The predicted octanol–water partition coefficient (Wildman–Crippen LogP) is 3.33. The van der Waals surface area contributed by atoms with Crippen molar-refractivity contribution in [1.29, 1.82) is 0 Å². The molecule has 1 N–H and O–H groups in total. The topological polar surface area (TPSA) is 12.0 Å². The monoisotopic (exact) mass is 245 g/mol. The van der Waals surface area contributed by atoms with Gasteiger partial charge in [0.15, 0.2) is 0 Å². The van der Waals surface area contributed by atoms with Crippen LogP contribution in [-0.2, 0) is 18.4 Å². The van der Waals surface area contributed by atoms with Gasteiger partial charge in [0.2, 0.25) is 0 Å². The van der Waals surface area contributed by atoms with E-state index in [9.17, 15) is 8.78 Å². The zero-order chi connectivity index (χ0) is 11.8. The molecule has 1 heterocycles. The Morgan fingerprint density at radius 3 is 2.94 bits per heavy atom. The number of hydrogen-bond acceptors (Lipinski definition) is 2. The Balaban J connectivity index is 2.06. The molecule has 0 atom stereocenters. The molecule has 1 aromatic heterocycles. The van der Waals surface area contributed by atoms with Crippen LogP contribution in [-0.4, -0.2) is 13.0 Å². The zero-order valence-electron chi connectivity index (χ0n) is 9.65. The van der Waals surface area contributed by atoms with Crippen LogP contribution in [0.1, 0.15) is 36.3 Å². The second-order valence-corrected chi connectivity index (χ2v) is 5.93. The lowest BCUT2D eigenvalue weighted by Crippen LogP contribution is -2.22. The minimum atomic E-state index is -2.26. The lowest BCUT2D eigenvalue weighted by atomic mass is 9.85. The fourth-order valence-corrected chi connectivity index (χ4v) is 3.66. The Labute approximate surface area is 98.9 Å². The number of nitrogens with one attached hydrogen (secondary N) is 1. The van der Waals surface area contributed by atoms with Gasteiger partial charge in [0.1, 0.15) is 0 Å². The van der Waals surface area contributed by atoms with Gasteiger partial charge in [-0.25, -0.2) is 8.78 Å². The van der Waals surface area contributed by atoms with Crippen LogP contribution in [0.2, 0.25) is 0 Å². The van der Waals surface area contributed by atoms with Crippen molar-refractivity contribution < 1.29 is 8.78 Å². The molecule has 90 valence electrons. The van der Waals surface area contributed by atoms with Gasteiger partial charge in [-0.3, -0.25) is 0 Å². The molecule has 1 nitrogen and oxygen atoms in total. The summed E-state index contributed by atoms with van der Waals surface area (Å²) in [4.78, 5) is 1.44. The average Bonchev–Trinajstić information content (AvgIpc) is 2.69. The minimum absolute atomic E-state index is 0.217. The molecule has 0 bridgehead atoms. The van der Waals surface area contributed by atoms with Gasteiger partial charge in [0, 0.05) is 11.4 Å². The largest absolute Gasteiger partial charge is 0.307 e. The molecule has 2 rings (SSSR count). The van der Waals surface area contributed by atoms with Crippen molar-refractivity contribution in [3.63, 3.8) is 0 Å². The van der Waals surface area contributed by atoms with E-state index in [1.165, 1.54) is 22.4 Å². The summed E-state index contributed by atoms with van der Waals surface area (Å²) >= 11 is 1.77. The third-order valence-corrected chi connectivity index (χ3v) is 4.31. The molecule has 0 amide bonds. The van der Waals surface area contributed by atoms with Crippen LogP contribution in [0.5, 0.6) is 0 Å². The van der Waals surface area contributed by atoms with Gasteiger partial charge in [0.05, 0.1) is 6.54 Å². The molecule has 1 aromatic rings. The maximum Gasteiger partial charge on any atom is 0.250 e. The van der Waals surface area contributed by atoms with Gasteiger partial charge in [-0.15, -0.1) is 11.3 Å². The van der Waals surface area contributed by atoms with Crippen LogP contribution in [0.15, 0.2) is 5.38 Å². The highest BCUT2D eigenvalue weighted by Crippen LogP contribution is 2.43. The minimum Gasteiger partial charge on any atom is -0.307 e. The highest BCUT2D eigenvalue weighted by Gasteiger charge is 2.33. The van der Waals surface area contributed by atoms with E-state index in [4.69, 9.17) is 0 Å². The van der Waals surface area contributed by atoms with Gasteiger partial charge in [-0.1, -0.05) is 13.8 Å². The van der Waals surface area contributed by atoms with E-state index < -0.39 is 6.43 Å². The first-order chi connectivity index (χ1) is 7.50. The summed E-state index contributed by atoms with van der Waals surface area (Å²) in [5, 5.41) is 4.93. The van der Waals surface area contributed by atoms with Gasteiger partial charge in [0.25, 0.3) is 6.43 Å². The Morgan fingerprint density at radius 1 is 1.50 bits per heavy atom. The lowest BCUT2D eigenvalue weighted by Gasteiger charge is -2.20. The molecule has 16 heavy (non-hydrogen) atoms. The Kier molecular flexibility index (Phi) is 3.31. The zero-order valence-corrected chi connectivity index (χ0v) is 10.5. The molecule has 0 saturated heterocycles. The van der Waals surface area contributed by atoms with Crippen LogP contribution in [0.25, 0.3) is 0 Å². The summed E-state index contributed by atoms with van der Waals surface area (Å²) in [6.07, 6.45) is 0.0540. The van der Waals surface area contributed by atoms with E-state index in [2.05, 4.69) is 24.5 Å². The van der Waals surface area contributed by atoms with Gasteiger partial charge < -0.3 is 5.32 Å². The molecule has 0 spiro atoms. The van der Waals surface area contributed by atoms with Crippen molar-refractivity contribution in [3.05, 3.63) is 21.4 Å².